The number of hydrazone groups is 1. The molecule has 0 saturated heterocycles. The van der Waals surface area contributed by atoms with E-state index in [0.717, 1.165) is 21.9 Å². The molecule has 1 aliphatic heterocycles. The van der Waals surface area contributed by atoms with Gasteiger partial charge in [-0.15, -0.1) is 11.3 Å². The van der Waals surface area contributed by atoms with E-state index in [4.69, 9.17) is 9.47 Å². The van der Waals surface area contributed by atoms with Gasteiger partial charge in [-0.1, -0.05) is 18.2 Å². The summed E-state index contributed by atoms with van der Waals surface area (Å²) in [6, 6.07) is 11.1. The number of hydrogen-bond donors (Lipinski definition) is 1. The summed E-state index contributed by atoms with van der Waals surface area (Å²) >= 11 is 1.59. The molecule has 0 radical (unpaired) electrons. The van der Waals surface area contributed by atoms with Crippen LogP contribution in [0.15, 0.2) is 46.9 Å². The molecule has 3 amide bonds. The van der Waals surface area contributed by atoms with Gasteiger partial charge in [0, 0.05) is 25.6 Å². The highest BCUT2D eigenvalue weighted by Crippen LogP contribution is 2.34. The zero-order chi connectivity index (χ0) is 24.0. The molecule has 3 rings (SSSR count). The van der Waals surface area contributed by atoms with E-state index in [0.29, 0.717) is 19.6 Å². The predicted molar refractivity (Wildman–Crippen MR) is 130 cm³/mol. The molecule has 178 valence electrons. The Labute approximate surface area is 199 Å². The van der Waals surface area contributed by atoms with E-state index in [2.05, 4.69) is 10.4 Å². The van der Waals surface area contributed by atoms with E-state index in [-0.39, 0.29) is 24.5 Å². The number of methoxy groups -OCH3 is 2. The van der Waals surface area contributed by atoms with Crippen LogP contribution in [0.2, 0.25) is 0 Å². The summed E-state index contributed by atoms with van der Waals surface area (Å²) in [5, 5.41) is 11.1. The first-order valence-corrected chi connectivity index (χ1v) is 11.7. The van der Waals surface area contributed by atoms with E-state index in [9.17, 15) is 9.59 Å². The van der Waals surface area contributed by atoms with Crippen molar-refractivity contribution in [2.45, 2.75) is 38.8 Å². The lowest BCUT2D eigenvalue weighted by molar-refractivity contribution is -0.133. The van der Waals surface area contributed by atoms with Crippen molar-refractivity contribution in [3.63, 3.8) is 0 Å². The molecule has 0 bridgehead atoms. The van der Waals surface area contributed by atoms with E-state index >= 15 is 0 Å². The van der Waals surface area contributed by atoms with E-state index < -0.39 is 5.54 Å². The molecule has 9 heteroatoms. The molecule has 1 aromatic carbocycles. The molecule has 1 aliphatic rings. The Morgan fingerprint density at radius 3 is 2.52 bits per heavy atom. The van der Waals surface area contributed by atoms with Gasteiger partial charge in [0.2, 0.25) is 0 Å². The normalized spacial score (nSPS) is 15.8. The van der Waals surface area contributed by atoms with Crippen molar-refractivity contribution < 1.29 is 19.1 Å². The third-order valence-corrected chi connectivity index (χ3v) is 6.05. The van der Waals surface area contributed by atoms with E-state index in [1.54, 1.807) is 25.6 Å². The van der Waals surface area contributed by atoms with Crippen LogP contribution in [-0.2, 0) is 9.53 Å². The van der Waals surface area contributed by atoms with Crippen LogP contribution < -0.4 is 10.1 Å². The number of hydrogen-bond acceptors (Lipinski definition) is 6. The zero-order valence-corrected chi connectivity index (χ0v) is 20.6. The summed E-state index contributed by atoms with van der Waals surface area (Å²) in [5.74, 6) is 0.501. The Kier molecular flexibility index (Phi) is 8.10. The second-order valence-corrected chi connectivity index (χ2v) is 9.80. The minimum Gasteiger partial charge on any atom is -0.497 e. The zero-order valence-electron chi connectivity index (χ0n) is 19.8. The average molecular weight is 473 g/mol. The van der Waals surface area contributed by atoms with Gasteiger partial charge in [-0.2, -0.15) is 5.10 Å². The van der Waals surface area contributed by atoms with Crippen LogP contribution in [0.3, 0.4) is 0 Å². The topological polar surface area (TPSA) is 83.5 Å². The molecule has 33 heavy (non-hydrogen) atoms. The highest BCUT2D eigenvalue weighted by molar-refractivity contribution is 7.12. The second-order valence-electron chi connectivity index (χ2n) is 8.85. The molecule has 1 atom stereocenters. The number of amides is 3. The summed E-state index contributed by atoms with van der Waals surface area (Å²) in [5.41, 5.74) is 1.40. The number of carbonyl (C=O) groups is 2. The van der Waals surface area contributed by atoms with Crippen LogP contribution in [0.1, 0.15) is 43.7 Å². The van der Waals surface area contributed by atoms with Crippen molar-refractivity contribution in [1.29, 1.82) is 0 Å². The molecular formula is C24H32N4O4S. The fourth-order valence-corrected chi connectivity index (χ4v) is 4.23. The van der Waals surface area contributed by atoms with Gasteiger partial charge in [0.1, 0.15) is 12.3 Å². The Morgan fingerprint density at radius 2 is 1.94 bits per heavy atom. The molecule has 1 N–H and O–H groups in total. The number of nitrogens with one attached hydrogen (secondary N) is 1. The van der Waals surface area contributed by atoms with Gasteiger partial charge >= 0.3 is 6.03 Å². The first-order chi connectivity index (χ1) is 15.7. The summed E-state index contributed by atoms with van der Waals surface area (Å²) in [7, 11) is 3.19. The summed E-state index contributed by atoms with van der Waals surface area (Å²) < 4.78 is 10.4. The number of carbonyl (C=O) groups excluding carboxylic acids is 2. The molecule has 1 aromatic heterocycles. The molecule has 0 spiro atoms. The molecule has 0 aliphatic carbocycles. The molecule has 2 aromatic rings. The van der Waals surface area contributed by atoms with Gasteiger partial charge in [0.25, 0.3) is 5.91 Å². The van der Waals surface area contributed by atoms with Crippen molar-refractivity contribution in [1.82, 2.24) is 15.2 Å². The third kappa shape index (κ3) is 6.55. The Morgan fingerprint density at radius 1 is 1.21 bits per heavy atom. The van der Waals surface area contributed by atoms with Gasteiger partial charge in [-0.25, -0.2) is 9.80 Å². The molecule has 8 nitrogen and oxygen atoms in total. The van der Waals surface area contributed by atoms with Crippen molar-refractivity contribution in [2.75, 3.05) is 33.9 Å². The molecular weight excluding hydrogens is 440 g/mol. The molecule has 2 heterocycles. The second kappa shape index (κ2) is 10.8. The fourth-order valence-electron chi connectivity index (χ4n) is 3.51. The van der Waals surface area contributed by atoms with Crippen LogP contribution in [0, 0.1) is 0 Å². The van der Waals surface area contributed by atoms with Crippen LogP contribution >= 0.6 is 11.3 Å². The van der Waals surface area contributed by atoms with Crippen molar-refractivity contribution in [3.8, 4) is 5.75 Å². The quantitative estimate of drug-likeness (QED) is 0.632. The fraction of sp³-hybridized carbons (Fsp3) is 0.458. The van der Waals surface area contributed by atoms with Gasteiger partial charge < -0.3 is 19.7 Å². The maximum atomic E-state index is 13.4. The summed E-state index contributed by atoms with van der Waals surface area (Å²) in [6.45, 7) is 6.24. The number of urea groups is 1. The van der Waals surface area contributed by atoms with Crippen molar-refractivity contribution in [3.05, 3.63) is 52.2 Å². The number of ether oxygens (including phenoxy) is 2. The molecule has 1 unspecified atom stereocenters. The Balaban J connectivity index is 1.85. The SMILES string of the molecule is COCCN(CC(=O)N1N=C(c2cccs2)CC1c1ccc(OC)cc1)C(=O)NC(C)(C)C. The van der Waals surface area contributed by atoms with Crippen LogP contribution in [0.4, 0.5) is 4.79 Å². The minimum absolute atomic E-state index is 0.0981. The predicted octanol–water partition coefficient (Wildman–Crippen LogP) is 3.89. The summed E-state index contributed by atoms with van der Waals surface area (Å²) in [4.78, 5) is 28.8. The lowest BCUT2D eigenvalue weighted by Gasteiger charge is -2.30. The van der Waals surface area contributed by atoms with Gasteiger partial charge in [0.15, 0.2) is 0 Å². The number of rotatable bonds is 8. The van der Waals surface area contributed by atoms with Gasteiger partial charge in [-0.3, -0.25) is 4.79 Å². The molecule has 0 saturated carbocycles. The maximum Gasteiger partial charge on any atom is 0.318 e. The number of nitrogens with zero attached hydrogens (tertiary/aromatic N) is 3. The first-order valence-electron chi connectivity index (χ1n) is 10.8. The largest absolute Gasteiger partial charge is 0.497 e. The Hall–Kier alpha value is -2.91. The highest BCUT2D eigenvalue weighted by atomic mass is 32.1. The first kappa shape index (κ1) is 24.7. The monoisotopic (exact) mass is 472 g/mol. The standard InChI is InChI=1S/C24H32N4O4S/c1-24(2,3)25-23(30)27(12-13-31-4)16-22(29)28-20(17-8-10-18(32-5)11-9-17)15-19(26-28)21-7-6-14-33-21/h6-11,14,20H,12-13,15-16H2,1-5H3,(H,25,30). The lowest BCUT2D eigenvalue weighted by atomic mass is 10.0. The smallest absolute Gasteiger partial charge is 0.318 e. The third-order valence-electron chi connectivity index (χ3n) is 5.13. The minimum atomic E-state index is -0.421. The van der Waals surface area contributed by atoms with Crippen LogP contribution in [0.25, 0.3) is 0 Å². The number of benzene rings is 1. The number of thiophene rings is 1. The highest BCUT2D eigenvalue weighted by Gasteiger charge is 2.35. The van der Waals surface area contributed by atoms with E-state index in [1.165, 1.54) is 9.91 Å². The lowest BCUT2D eigenvalue weighted by Crippen LogP contribution is -2.52. The van der Waals surface area contributed by atoms with E-state index in [1.807, 2.05) is 62.5 Å². The summed E-state index contributed by atoms with van der Waals surface area (Å²) in [6.07, 6.45) is 0.602. The van der Waals surface area contributed by atoms with Crippen LogP contribution in [0.5, 0.6) is 5.75 Å². The average Bonchev–Trinajstić information content (AvgIpc) is 3.45. The van der Waals surface area contributed by atoms with Crippen LogP contribution in [-0.4, -0.2) is 67.0 Å². The molecule has 0 fully saturated rings. The maximum absolute atomic E-state index is 13.4. The van der Waals surface area contributed by atoms with Gasteiger partial charge in [0.05, 0.1) is 30.3 Å². The van der Waals surface area contributed by atoms with Crippen molar-refractivity contribution in [2.24, 2.45) is 5.10 Å². The van der Waals surface area contributed by atoms with Crippen molar-refractivity contribution >= 4 is 29.0 Å². The Bertz CT molecular complexity index is 967. The van der Waals surface area contributed by atoms with Gasteiger partial charge in [-0.05, 0) is 49.9 Å².